The molecule has 0 unspecified atom stereocenters. The lowest BCUT2D eigenvalue weighted by Gasteiger charge is -2.12. The zero-order valence-electron chi connectivity index (χ0n) is 17.6. The van der Waals surface area contributed by atoms with Gasteiger partial charge in [-0.15, -0.1) is 5.10 Å². The van der Waals surface area contributed by atoms with E-state index in [1.54, 1.807) is 41.2 Å². The molecule has 0 saturated heterocycles. The second-order valence-electron chi connectivity index (χ2n) is 7.03. The number of carbonyl (C=O) groups excluding carboxylic acids is 1. The van der Waals surface area contributed by atoms with E-state index in [1.807, 2.05) is 37.3 Å². The predicted octanol–water partition coefficient (Wildman–Crippen LogP) is 3.01. The number of nitrogen functional groups attached to an aromatic ring is 1. The molecule has 0 radical (unpaired) electrons. The highest BCUT2D eigenvalue weighted by molar-refractivity contribution is 6.31. The normalized spacial score (nSPS) is 10.7. The van der Waals surface area contributed by atoms with Crippen molar-refractivity contribution in [3.63, 3.8) is 0 Å². The molecule has 0 aliphatic rings. The van der Waals surface area contributed by atoms with Gasteiger partial charge in [0.2, 0.25) is 0 Å². The molecule has 0 atom stereocenters. The highest BCUT2D eigenvalue weighted by Crippen LogP contribution is 2.17. The summed E-state index contributed by atoms with van der Waals surface area (Å²) in [5.74, 6) is 0.230. The third-order valence-electron chi connectivity index (χ3n) is 4.90. The summed E-state index contributed by atoms with van der Waals surface area (Å²) in [5.41, 5.74) is 12.6. The van der Waals surface area contributed by atoms with Crippen molar-refractivity contribution in [3.05, 3.63) is 93.8 Å². The molecule has 3 heterocycles. The monoisotopic (exact) mass is 461 g/mol. The molecule has 0 bridgehead atoms. The van der Waals surface area contributed by atoms with Crippen molar-refractivity contribution < 1.29 is 4.79 Å². The average Bonchev–Trinajstić information content (AvgIpc) is 3.16. The van der Waals surface area contributed by atoms with Crippen LogP contribution in [0.4, 0.5) is 5.82 Å². The maximum atomic E-state index is 12.7. The van der Waals surface area contributed by atoms with Gasteiger partial charge in [0, 0.05) is 23.8 Å². The fraction of sp³-hybridized carbons (Fsp3) is 0.0870. The number of fused-ring (bicyclic) bond motifs is 2. The van der Waals surface area contributed by atoms with Crippen LogP contribution in [0.1, 0.15) is 23.1 Å². The number of hydrogen-bond donors (Lipinski definition) is 2. The molecule has 33 heavy (non-hydrogen) atoms. The molecule has 0 saturated carbocycles. The molecular weight excluding hydrogens is 442 g/mol. The van der Waals surface area contributed by atoms with Crippen LogP contribution in [-0.4, -0.2) is 30.1 Å². The van der Waals surface area contributed by atoms with Crippen LogP contribution in [0, 0.1) is 0 Å². The van der Waals surface area contributed by atoms with Gasteiger partial charge < -0.3 is 11.5 Å². The van der Waals surface area contributed by atoms with Gasteiger partial charge in [0.15, 0.2) is 11.5 Å². The summed E-state index contributed by atoms with van der Waals surface area (Å²) in [6.07, 6.45) is 3.87. The molecule has 5 aromatic rings. The highest BCUT2D eigenvalue weighted by atomic mass is 35.5. The number of anilines is 1. The number of nitrogens with zero attached hydrogens (tertiary/aromatic N) is 5. The summed E-state index contributed by atoms with van der Waals surface area (Å²) >= 11 is 5.99. The Hall–Kier alpha value is -4.24. The van der Waals surface area contributed by atoms with Gasteiger partial charge in [0.25, 0.3) is 11.5 Å². The van der Waals surface area contributed by atoms with Crippen LogP contribution >= 0.6 is 11.6 Å². The predicted molar refractivity (Wildman–Crippen MR) is 128 cm³/mol. The van der Waals surface area contributed by atoms with Gasteiger partial charge in [-0.1, -0.05) is 36.7 Å². The summed E-state index contributed by atoms with van der Waals surface area (Å²) in [5, 5.41) is 4.95. The van der Waals surface area contributed by atoms with E-state index in [-0.39, 0.29) is 16.9 Å². The van der Waals surface area contributed by atoms with Crippen LogP contribution in [0.3, 0.4) is 0 Å². The lowest BCUT2D eigenvalue weighted by atomic mass is 10.2. The van der Waals surface area contributed by atoms with Gasteiger partial charge in [-0.3, -0.25) is 14.2 Å². The van der Waals surface area contributed by atoms with Crippen molar-refractivity contribution in [1.82, 2.24) is 24.1 Å². The molecule has 5 rings (SSSR count). The first-order valence-electron chi connectivity index (χ1n) is 10.1. The maximum Gasteiger partial charge on any atom is 0.266 e. The lowest BCUT2D eigenvalue weighted by Crippen LogP contribution is -2.23. The van der Waals surface area contributed by atoms with Gasteiger partial charge in [0.1, 0.15) is 11.4 Å². The third kappa shape index (κ3) is 4.26. The number of amides is 1. The summed E-state index contributed by atoms with van der Waals surface area (Å²) in [7, 11) is 0. The summed E-state index contributed by atoms with van der Waals surface area (Å²) in [6.45, 7) is 1.99. The summed E-state index contributed by atoms with van der Waals surface area (Å²) < 4.78 is 3.06. The Kier molecular flexibility index (Phi) is 6.05. The Bertz CT molecular complexity index is 1530. The van der Waals surface area contributed by atoms with Crippen LogP contribution in [0.2, 0.25) is 5.02 Å². The van der Waals surface area contributed by atoms with E-state index in [0.29, 0.717) is 28.0 Å². The van der Waals surface area contributed by atoms with Crippen molar-refractivity contribution in [3.8, 4) is 5.69 Å². The Morgan fingerprint density at radius 2 is 1.88 bits per heavy atom. The topological polar surface area (TPSA) is 134 Å². The van der Waals surface area contributed by atoms with E-state index >= 15 is 0 Å². The van der Waals surface area contributed by atoms with Gasteiger partial charge in [-0.05, 0) is 36.4 Å². The number of benzene rings is 2. The molecule has 10 heteroatoms. The molecule has 0 aliphatic heterocycles. The number of carbonyl (C=O) groups is 1. The standard InChI is InChI=1S/C16H13ClN2O.C7H7N5O/c1-2-15-18-14-9-8-11(17)10-13(14)16(20)19(15)12-6-4-3-5-7-12;8-5-4(6(9)13)7-10-2-1-3-12(7)11-5/h3-10H,2H2,1H3;1-3H,(H2,8,11)(H2,9,13). The second kappa shape index (κ2) is 9.09. The second-order valence-corrected chi connectivity index (χ2v) is 7.47. The van der Waals surface area contributed by atoms with E-state index in [1.165, 1.54) is 4.52 Å². The first kappa shape index (κ1) is 22.0. The number of hydrogen-bond acceptors (Lipinski definition) is 6. The lowest BCUT2D eigenvalue weighted by molar-refractivity contribution is 0.100. The van der Waals surface area contributed by atoms with Gasteiger partial charge in [0.05, 0.1) is 16.6 Å². The molecule has 0 aliphatic carbocycles. The van der Waals surface area contributed by atoms with Gasteiger partial charge >= 0.3 is 0 Å². The average molecular weight is 462 g/mol. The number of aromatic nitrogens is 5. The molecule has 2 aromatic carbocycles. The van der Waals surface area contributed by atoms with E-state index in [2.05, 4.69) is 15.1 Å². The Labute approximate surface area is 193 Å². The fourth-order valence-corrected chi connectivity index (χ4v) is 3.60. The highest BCUT2D eigenvalue weighted by Gasteiger charge is 2.15. The molecule has 0 fully saturated rings. The molecule has 3 aromatic heterocycles. The zero-order valence-corrected chi connectivity index (χ0v) is 18.4. The number of halogens is 1. The summed E-state index contributed by atoms with van der Waals surface area (Å²) in [4.78, 5) is 32.2. The maximum absolute atomic E-state index is 12.7. The minimum Gasteiger partial charge on any atom is -0.381 e. The van der Waals surface area contributed by atoms with E-state index in [9.17, 15) is 9.59 Å². The Morgan fingerprint density at radius 3 is 2.58 bits per heavy atom. The van der Waals surface area contributed by atoms with Crippen molar-refractivity contribution >= 4 is 39.9 Å². The summed E-state index contributed by atoms with van der Waals surface area (Å²) in [6, 6.07) is 16.4. The quantitative estimate of drug-likeness (QED) is 0.424. The number of para-hydroxylation sites is 1. The molecular formula is C23H20ClN7O2. The smallest absolute Gasteiger partial charge is 0.266 e. The van der Waals surface area contributed by atoms with Crippen LogP contribution in [0.25, 0.3) is 22.2 Å². The molecule has 9 nitrogen and oxygen atoms in total. The van der Waals surface area contributed by atoms with Crippen LogP contribution < -0.4 is 17.0 Å². The van der Waals surface area contributed by atoms with Crippen LogP contribution in [0.5, 0.6) is 0 Å². The SMILES string of the molecule is CCc1nc2ccc(Cl)cc2c(=O)n1-c1ccccc1.NC(=O)c1c(N)nn2cccnc12. The largest absolute Gasteiger partial charge is 0.381 e. The number of aryl methyl sites for hydroxylation is 1. The van der Waals surface area contributed by atoms with Crippen molar-refractivity contribution in [2.24, 2.45) is 5.73 Å². The molecule has 4 N–H and O–H groups in total. The number of primary amides is 1. The molecule has 0 spiro atoms. The minimum atomic E-state index is -0.619. The minimum absolute atomic E-state index is 0.0828. The number of nitrogens with two attached hydrogens (primary N) is 2. The van der Waals surface area contributed by atoms with Gasteiger partial charge in [-0.2, -0.15) is 0 Å². The fourth-order valence-electron chi connectivity index (χ4n) is 3.42. The first-order chi connectivity index (χ1) is 15.9. The molecule has 166 valence electrons. The Balaban J connectivity index is 0.000000172. The van der Waals surface area contributed by atoms with Crippen LogP contribution in [0.15, 0.2) is 71.8 Å². The Morgan fingerprint density at radius 1 is 1.12 bits per heavy atom. The van der Waals surface area contributed by atoms with Crippen LogP contribution in [-0.2, 0) is 6.42 Å². The van der Waals surface area contributed by atoms with Crippen molar-refractivity contribution in [1.29, 1.82) is 0 Å². The third-order valence-corrected chi connectivity index (χ3v) is 5.13. The first-order valence-corrected chi connectivity index (χ1v) is 10.4. The van der Waals surface area contributed by atoms with Crippen molar-refractivity contribution in [2.75, 3.05) is 5.73 Å². The van der Waals surface area contributed by atoms with Crippen molar-refractivity contribution in [2.45, 2.75) is 13.3 Å². The van der Waals surface area contributed by atoms with E-state index < -0.39 is 5.91 Å². The van der Waals surface area contributed by atoms with Gasteiger partial charge in [-0.25, -0.2) is 14.5 Å². The van der Waals surface area contributed by atoms with E-state index in [4.69, 9.17) is 23.1 Å². The molecule has 1 amide bonds. The van der Waals surface area contributed by atoms with E-state index in [0.717, 1.165) is 11.5 Å². The zero-order chi connectivity index (χ0) is 23.5. The number of rotatable bonds is 3.